The smallest absolute Gasteiger partial charge is 0.310 e. The van der Waals surface area contributed by atoms with Crippen LogP contribution >= 0.6 is 0 Å². The molecular weight excluding hydrogens is 332 g/mol. The van der Waals surface area contributed by atoms with Crippen LogP contribution in [-0.4, -0.2) is 61.3 Å². The number of hydrogen-bond donors (Lipinski definition) is 1. The van der Waals surface area contributed by atoms with E-state index in [1.165, 1.54) is 27.4 Å². The van der Waals surface area contributed by atoms with Crippen molar-refractivity contribution in [3.05, 3.63) is 29.8 Å². The Balaban J connectivity index is 2.31. The molecule has 0 aromatic heterocycles. The topological polar surface area (TPSA) is 95.0 Å². The fourth-order valence-electron chi connectivity index (χ4n) is 2.60. The van der Waals surface area contributed by atoms with Gasteiger partial charge in [-0.05, 0) is 38.5 Å². The highest BCUT2D eigenvalue weighted by Gasteiger charge is 2.44. The van der Waals surface area contributed by atoms with Crippen molar-refractivity contribution in [2.24, 2.45) is 5.41 Å². The molecule has 1 fully saturated rings. The Morgan fingerprint density at radius 3 is 2.58 bits per heavy atom. The van der Waals surface area contributed by atoms with Crippen molar-refractivity contribution >= 4 is 21.9 Å². The molecular formula is C16H22N2O5S. The minimum absolute atomic E-state index is 0.00694. The molecule has 24 heavy (non-hydrogen) atoms. The number of aliphatic carboxylic acids is 1. The highest BCUT2D eigenvalue weighted by Crippen LogP contribution is 2.33. The summed E-state index contributed by atoms with van der Waals surface area (Å²) in [7, 11) is -2.19. The van der Waals surface area contributed by atoms with E-state index in [0.717, 1.165) is 0 Å². The quantitative estimate of drug-likeness (QED) is 0.859. The van der Waals surface area contributed by atoms with Gasteiger partial charge in [0, 0.05) is 32.2 Å². The molecule has 0 bridgehead atoms. The SMILES string of the molecule is CCN(C)C(=O)c1cccc(S(=O)(=O)N2CCC(C)(C(=O)O)C2)c1. The van der Waals surface area contributed by atoms with E-state index in [-0.39, 0.29) is 30.3 Å². The van der Waals surface area contributed by atoms with E-state index in [0.29, 0.717) is 12.1 Å². The maximum absolute atomic E-state index is 12.8. The molecule has 0 spiro atoms. The predicted molar refractivity (Wildman–Crippen MR) is 88.2 cm³/mol. The monoisotopic (exact) mass is 354 g/mol. The third kappa shape index (κ3) is 3.29. The molecule has 1 aliphatic heterocycles. The van der Waals surface area contributed by atoms with E-state index in [9.17, 15) is 23.1 Å². The van der Waals surface area contributed by atoms with E-state index in [4.69, 9.17) is 0 Å². The Morgan fingerprint density at radius 1 is 1.38 bits per heavy atom. The number of nitrogens with zero attached hydrogens (tertiary/aromatic N) is 2. The van der Waals surface area contributed by atoms with Gasteiger partial charge in [0.25, 0.3) is 5.91 Å². The van der Waals surface area contributed by atoms with Gasteiger partial charge in [0.15, 0.2) is 0 Å². The molecule has 1 aromatic carbocycles. The average Bonchev–Trinajstić information content (AvgIpc) is 2.98. The molecule has 0 radical (unpaired) electrons. The van der Waals surface area contributed by atoms with Crippen LogP contribution in [-0.2, 0) is 14.8 Å². The van der Waals surface area contributed by atoms with Gasteiger partial charge in [-0.2, -0.15) is 4.31 Å². The van der Waals surface area contributed by atoms with E-state index < -0.39 is 21.4 Å². The lowest BCUT2D eigenvalue weighted by Gasteiger charge is -2.20. The van der Waals surface area contributed by atoms with Crippen LogP contribution in [0.3, 0.4) is 0 Å². The van der Waals surface area contributed by atoms with Crippen molar-refractivity contribution in [2.75, 3.05) is 26.7 Å². The summed E-state index contributed by atoms with van der Waals surface area (Å²) in [6, 6.07) is 5.86. The number of amides is 1. The number of rotatable bonds is 5. The highest BCUT2D eigenvalue weighted by atomic mass is 32.2. The van der Waals surface area contributed by atoms with E-state index in [1.807, 2.05) is 6.92 Å². The molecule has 1 atom stereocenters. The zero-order chi connectivity index (χ0) is 18.1. The van der Waals surface area contributed by atoms with Crippen molar-refractivity contribution in [3.63, 3.8) is 0 Å². The van der Waals surface area contributed by atoms with Gasteiger partial charge in [0.1, 0.15) is 0 Å². The maximum Gasteiger partial charge on any atom is 0.310 e. The fraction of sp³-hybridized carbons (Fsp3) is 0.500. The van der Waals surface area contributed by atoms with Gasteiger partial charge in [-0.15, -0.1) is 0 Å². The summed E-state index contributed by atoms with van der Waals surface area (Å²) in [6.45, 7) is 3.96. The van der Waals surface area contributed by atoms with Crippen molar-refractivity contribution < 1.29 is 23.1 Å². The number of carboxylic acid groups (broad SMARTS) is 1. The predicted octanol–water partition coefficient (Wildman–Crippen LogP) is 1.26. The first-order valence-corrected chi connectivity index (χ1v) is 9.15. The minimum atomic E-state index is -3.83. The summed E-state index contributed by atoms with van der Waals surface area (Å²) in [6.07, 6.45) is 0.263. The third-order valence-electron chi connectivity index (χ3n) is 4.49. The summed E-state index contributed by atoms with van der Waals surface area (Å²) in [4.78, 5) is 25.0. The minimum Gasteiger partial charge on any atom is -0.481 e. The Labute approximate surface area is 141 Å². The lowest BCUT2D eigenvalue weighted by molar-refractivity contribution is -0.146. The summed E-state index contributed by atoms with van der Waals surface area (Å²) < 4.78 is 26.7. The molecule has 1 heterocycles. The fourth-order valence-corrected chi connectivity index (χ4v) is 4.21. The van der Waals surface area contributed by atoms with E-state index >= 15 is 0 Å². The molecule has 1 amide bonds. The molecule has 0 saturated carbocycles. The number of carbonyl (C=O) groups is 2. The van der Waals surface area contributed by atoms with Crippen LogP contribution in [0.4, 0.5) is 0 Å². The number of benzene rings is 1. The molecule has 1 aromatic rings. The normalized spacial score (nSPS) is 21.6. The summed E-state index contributed by atoms with van der Waals surface area (Å²) in [5.74, 6) is -1.26. The first kappa shape index (κ1) is 18.4. The summed E-state index contributed by atoms with van der Waals surface area (Å²) >= 11 is 0. The number of sulfonamides is 1. The van der Waals surface area contributed by atoms with Crippen molar-refractivity contribution in [3.8, 4) is 0 Å². The van der Waals surface area contributed by atoms with Crippen LogP contribution in [0.15, 0.2) is 29.2 Å². The molecule has 2 rings (SSSR count). The lowest BCUT2D eigenvalue weighted by atomic mass is 9.90. The van der Waals surface area contributed by atoms with E-state index in [2.05, 4.69) is 0 Å². The number of carboxylic acids is 1. The average molecular weight is 354 g/mol. The molecule has 1 aliphatic rings. The second-order valence-corrected chi connectivity index (χ2v) is 8.24. The Hall–Kier alpha value is -1.93. The summed E-state index contributed by atoms with van der Waals surface area (Å²) in [5, 5.41) is 9.26. The molecule has 1 saturated heterocycles. The van der Waals surface area contributed by atoms with Crippen molar-refractivity contribution in [2.45, 2.75) is 25.2 Å². The number of hydrogen-bond acceptors (Lipinski definition) is 4. The third-order valence-corrected chi connectivity index (χ3v) is 6.34. The molecule has 8 heteroatoms. The molecule has 1 unspecified atom stereocenters. The van der Waals surface area contributed by atoms with Gasteiger partial charge in [0.2, 0.25) is 10.0 Å². The van der Waals surface area contributed by atoms with Crippen LogP contribution in [0.25, 0.3) is 0 Å². The lowest BCUT2D eigenvalue weighted by Crippen LogP contribution is -2.35. The van der Waals surface area contributed by atoms with Crippen LogP contribution in [0, 0.1) is 5.41 Å². The van der Waals surface area contributed by atoms with Crippen LogP contribution in [0.2, 0.25) is 0 Å². The maximum atomic E-state index is 12.8. The standard InChI is InChI=1S/C16H22N2O5S/c1-4-17(3)14(19)12-6-5-7-13(10-12)24(22,23)18-9-8-16(2,11-18)15(20)21/h5-7,10H,4,8-9,11H2,1-3H3,(H,20,21). The molecule has 132 valence electrons. The first-order chi connectivity index (χ1) is 11.1. The first-order valence-electron chi connectivity index (χ1n) is 7.71. The van der Waals surface area contributed by atoms with Gasteiger partial charge in [-0.3, -0.25) is 9.59 Å². The van der Waals surface area contributed by atoms with Gasteiger partial charge < -0.3 is 10.0 Å². The zero-order valence-corrected chi connectivity index (χ0v) is 14.8. The van der Waals surface area contributed by atoms with Gasteiger partial charge in [-0.1, -0.05) is 6.07 Å². The van der Waals surface area contributed by atoms with Gasteiger partial charge in [0.05, 0.1) is 10.3 Å². The van der Waals surface area contributed by atoms with Crippen molar-refractivity contribution in [1.82, 2.24) is 9.21 Å². The van der Waals surface area contributed by atoms with E-state index in [1.54, 1.807) is 20.0 Å². The van der Waals surface area contributed by atoms with Crippen LogP contribution < -0.4 is 0 Å². The second-order valence-electron chi connectivity index (χ2n) is 6.30. The Bertz CT molecular complexity index is 761. The van der Waals surface area contributed by atoms with Crippen LogP contribution in [0.5, 0.6) is 0 Å². The Morgan fingerprint density at radius 2 is 2.04 bits per heavy atom. The molecule has 0 aliphatic carbocycles. The van der Waals surface area contributed by atoms with Crippen LogP contribution in [0.1, 0.15) is 30.6 Å². The van der Waals surface area contributed by atoms with Gasteiger partial charge in [-0.25, -0.2) is 8.42 Å². The van der Waals surface area contributed by atoms with Gasteiger partial charge >= 0.3 is 5.97 Å². The van der Waals surface area contributed by atoms with Crippen molar-refractivity contribution in [1.29, 1.82) is 0 Å². The molecule has 1 N–H and O–H groups in total. The Kier molecular flexibility index (Phi) is 5.00. The second kappa shape index (κ2) is 6.52. The summed E-state index contributed by atoms with van der Waals surface area (Å²) in [5.41, 5.74) is -0.788. The largest absolute Gasteiger partial charge is 0.481 e. The zero-order valence-electron chi connectivity index (χ0n) is 14.0. The highest BCUT2D eigenvalue weighted by molar-refractivity contribution is 7.89. The molecule has 7 nitrogen and oxygen atoms in total. The number of carbonyl (C=O) groups excluding carboxylic acids is 1.